The third-order valence-electron chi connectivity index (χ3n) is 3.60. The first-order chi connectivity index (χ1) is 12.6. The van der Waals surface area contributed by atoms with Gasteiger partial charge in [0, 0.05) is 5.56 Å². The maximum absolute atomic E-state index is 12.2. The van der Waals surface area contributed by atoms with Gasteiger partial charge in [0.2, 0.25) is 0 Å². The van der Waals surface area contributed by atoms with Crippen LogP contribution in [0.1, 0.15) is 23.0 Å². The molecule has 130 valence electrons. The molecular weight excluding hydrogens is 348 g/mol. The second kappa shape index (κ2) is 8.27. The molecule has 0 radical (unpaired) electrons. The van der Waals surface area contributed by atoms with Crippen LogP contribution in [0.5, 0.6) is 0 Å². The highest BCUT2D eigenvalue weighted by molar-refractivity contribution is 6.33. The monoisotopic (exact) mass is 364 g/mol. The second-order valence-electron chi connectivity index (χ2n) is 5.64. The van der Waals surface area contributed by atoms with Crippen LogP contribution in [-0.2, 0) is 0 Å². The number of allylic oxidation sites excluding steroid dienone is 1. The number of hydrogen-bond donors (Lipinski definition) is 2. The van der Waals surface area contributed by atoms with Crippen LogP contribution in [0.2, 0.25) is 5.02 Å². The second-order valence-corrected chi connectivity index (χ2v) is 6.05. The minimum atomic E-state index is -0.375. The summed E-state index contributed by atoms with van der Waals surface area (Å²) in [5.74, 6) is -0.375. The Bertz CT molecular complexity index is 961. The molecule has 0 saturated carbocycles. The van der Waals surface area contributed by atoms with Crippen LogP contribution >= 0.6 is 11.6 Å². The maximum atomic E-state index is 12.2. The van der Waals surface area contributed by atoms with Crippen LogP contribution in [0.4, 0.5) is 0 Å². The smallest absolute Gasteiger partial charge is 0.272 e. The van der Waals surface area contributed by atoms with E-state index in [0.717, 1.165) is 16.7 Å². The Labute approximate surface area is 156 Å². The van der Waals surface area contributed by atoms with Crippen LogP contribution in [0.3, 0.4) is 0 Å². The first-order valence-electron chi connectivity index (χ1n) is 8.00. The fourth-order valence-corrected chi connectivity index (χ4v) is 2.58. The van der Waals surface area contributed by atoms with Crippen molar-refractivity contribution in [2.75, 3.05) is 0 Å². The van der Waals surface area contributed by atoms with Crippen LogP contribution < -0.4 is 5.43 Å². The Balaban J connectivity index is 1.64. The number of aromatic amines is 1. The normalized spacial score (nSPS) is 11.7. The van der Waals surface area contributed by atoms with E-state index in [-0.39, 0.29) is 5.91 Å². The van der Waals surface area contributed by atoms with Crippen molar-refractivity contribution in [1.29, 1.82) is 0 Å². The highest BCUT2D eigenvalue weighted by Gasteiger charge is 2.12. The van der Waals surface area contributed by atoms with Crippen molar-refractivity contribution in [3.05, 3.63) is 82.5 Å². The fraction of sp³-hybridized carbons (Fsp3) is 0.0500. The van der Waals surface area contributed by atoms with Crippen LogP contribution in [0.25, 0.3) is 17.3 Å². The van der Waals surface area contributed by atoms with Crippen molar-refractivity contribution in [3.8, 4) is 11.3 Å². The number of aromatic nitrogens is 2. The zero-order valence-electron chi connectivity index (χ0n) is 14.1. The summed E-state index contributed by atoms with van der Waals surface area (Å²) in [6.07, 6.45) is 3.57. The number of benzene rings is 2. The van der Waals surface area contributed by atoms with E-state index >= 15 is 0 Å². The lowest BCUT2D eigenvalue weighted by Gasteiger charge is -1.98. The number of hydrogen-bond acceptors (Lipinski definition) is 3. The molecule has 0 aliphatic heterocycles. The standard InChI is InChI=1S/C20H17ClN4O/c1-14(11-15-7-3-2-4-8-15)13-22-25-20(26)19-12-18(23-24-19)16-9-5-6-10-17(16)21/h2-13H,1H3,(H,23,24)(H,25,26)/b14-11?,22-13-. The zero-order chi connectivity index (χ0) is 18.4. The molecule has 3 aromatic rings. The molecule has 1 aromatic heterocycles. The Morgan fingerprint density at radius 3 is 2.65 bits per heavy atom. The fourth-order valence-electron chi connectivity index (χ4n) is 2.35. The minimum Gasteiger partial charge on any atom is -0.272 e. The molecule has 2 N–H and O–H groups in total. The Kier molecular flexibility index (Phi) is 5.61. The van der Waals surface area contributed by atoms with Gasteiger partial charge in [0.15, 0.2) is 0 Å². The van der Waals surface area contributed by atoms with Gasteiger partial charge in [-0.05, 0) is 30.2 Å². The molecule has 0 aliphatic rings. The molecule has 0 spiro atoms. The van der Waals surface area contributed by atoms with E-state index in [2.05, 4.69) is 20.7 Å². The van der Waals surface area contributed by atoms with E-state index in [9.17, 15) is 4.79 Å². The third-order valence-corrected chi connectivity index (χ3v) is 3.93. The summed E-state index contributed by atoms with van der Waals surface area (Å²) in [5, 5.41) is 11.4. The van der Waals surface area contributed by atoms with Crippen molar-refractivity contribution in [3.63, 3.8) is 0 Å². The van der Waals surface area contributed by atoms with Crippen molar-refractivity contribution < 1.29 is 4.79 Å². The van der Waals surface area contributed by atoms with Gasteiger partial charge in [0.1, 0.15) is 5.69 Å². The summed E-state index contributed by atoms with van der Waals surface area (Å²) in [7, 11) is 0. The van der Waals surface area contributed by atoms with Crippen molar-refractivity contribution >= 4 is 29.8 Å². The number of hydrazone groups is 1. The molecule has 1 amide bonds. The first-order valence-corrected chi connectivity index (χ1v) is 8.38. The predicted molar refractivity (Wildman–Crippen MR) is 105 cm³/mol. The molecule has 0 bridgehead atoms. The van der Waals surface area contributed by atoms with Gasteiger partial charge in [-0.2, -0.15) is 10.2 Å². The summed E-state index contributed by atoms with van der Waals surface area (Å²) < 4.78 is 0. The molecule has 0 atom stereocenters. The highest BCUT2D eigenvalue weighted by atomic mass is 35.5. The molecular formula is C20H17ClN4O. The van der Waals surface area contributed by atoms with Gasteiger partial charge in [-0.15, -0.1) is 0 Å². The summed E-state index contributed by atoms with van der Waals surface area (Å²) in [6, 6.07) is 18.8. The molecule has 5 nitrogen and oxygen atoms in total. The van der Waals surface area contributed by atoms with Crippen molar-refractivity contribution in [1.82, 2.24) is 15.6 Å². The Morgan fingerprint density at radius 1 is 1.15 bits per heavy atom. The van der Waals surface area contributed by atoms with E-state index < -0.39 is 0 Å². The molecule has 0 saturated heterocycles. The van der Waals surface area contributed by atoms with Gasteiger partial charge in [0.05, 0.1) is 16.9 Å². The number of carbonyl (C=O) groups is 1. The third kappa shape index (κ3) is 4.46. The van der Waals surface area contributed by atoms with E-state index in [4.69, 9.17) is 11.6 Å². The average Bonchev–Trinajstić information content (AvgIpc) is 3.13. The summed E-state index contributed by atoms with van der Waals surface area (Å²) in [6.45, 7) is 1.91. The molecule has 0 unspecified atom stereocenters. The van der Waals surface area contributed by atoms with Crippen LogP contribution in [0, 0.1) is 0 Å². The average molecular weight is 365 g/mol. The van der Waals surface area contributed by atoms with Gasteiger partial charge < -0.3 is 0 Å². The van der Waals surface area contributed by atoms with E-state index in [1.807, 2.05) is 61.5 Å². The number of amides is 1. The van der Waals surface area contributed by atoms with Gasteiger partial charge in [0.25, 0.3) is 5.91 Å². The summed E-state index contributed by atoms with van der Waals surface area (Å²) in [4.78, 5) is 12.2. The van der Waals surface area contributed by atoms with E-state index in [0.29, 0.717) is 16.4 Å². The number of halogens is 1. The highest BCUT2D eigenvalue weighted by Crippen LogP contribution is 2.26. The number of H-pyrrole nitrogens is 1. The molecule has 3 rings (SSSR count). The van der Waals surface area contributed by atoms with Gasteiger partial charge >= 0.3 is 0 Å². The van der Waals surface area contributed by atoms with Crippen molar-refractivity contribution in [2.24, 2.45) is 5.10 Å². The summed E-state index contributed by atoms with van der Waals surface area (Å²) >= 11 is 6.15. The van der Waals surface area contributed by atoms with Gasteiger partial charge in [-0.1, -0.05) is 66.2 Å². The van der Waals surface area contributed by atoms with Crippen LogP contribution in [-0.4, -0.2) is 22.3 Å². The van der Waals surface area contributed by atoms with Gasteiger partial charge in [-0.25, -0.2) is 5.43 Å². The molecule has 2 aromatic carbocycles. The molecule has 0 fully saturated rings. The number of nitrogens with one attached hydrogen (secondary N) is 2. The minimum absolute atomic E-state index is 0.307. The first kappa shape index (κ1) is 17.6. The maximum Gasteiger partial charge on any atom is 0.289 e. The SMILES string of the molecule is CC(=Cc1ccccc1)/C=N\NC(=O)c1cc(-c2ccccc2Cl)n[nH]1. The lowest BCUT2D eigenvalue weighted by molar-refractivity contribution is 0.0950. The Hall–Kier alpha value is -3.18. The molecule has 1 heterocycles. The number of rotatable bonds is 5. The number of carbonyl (C=O) groups excluding carboxylic acids is 1. The van der Waals surface area contributed by atoms with E-state index in [1.165, 1.54) is 0 Å². The molecule has 26 heavy (non-hydrogen) atoms. The van der Waals surface area contributed by atoms with E-state index in [1.54, 1.807) is 18.3 Å². The van der Waals surface area contributed by atoms with Crippen molar-refractivity contribution in [2.45, 2.75) is 6.92 Å². The zero-order valence-corrected chi connectivity index (χ0v) is 14.9. The molecule has 6 heteroatoms. The molecule has 0 aliphatic carbocycles. The number of nitrogens with zero attached hydrogens (tertiary/aromatic N) is 2. The lowest BCUT2D eigenvalue weighted by Crippen LogP contribution is -2.17. The van der Waals surface area contributed by atoms with Gasteiger partial charge in [-0.3, -0.25) is 9.89 Å². The summed E-state index contributed by atoms with van der Waals surface area (Å²) in [5.41, 5.74) is 6.13. The predicted octanol–water partition coefficient (Wildman–Crippen LogP) is 4.55. The Morgan fingerprint density at radius 2 is 1.88 bits per heavy atom. The topological polar surface area (TPSA) is 70.1 Å². The van der Waals surface area contributed by atoms with Crippen LogP contribution in [0.15, 0.2) is 71.3 Å². The largest absolute Gasteiger partial charge is 0.289 e. The lowest BCUT2D eigenvalue weighted by atomic mass is 10.1. The quantitative estimate of drug-likeness (QED) is 0.515.